The van der Waals surface area contributed by atoms with Crippen molar-refractivity contribution in [1.29, 1.82) is 0 Å². The van der Waals surface area contributed by atoms with Crippen LogP contribution in [-0.4, -0.2) is 24.2 Å². The summed E-state index contributed by atoms with van der Waals surface area (Å²) in [5, 5.41) is 3.23. The number of ether oxygens (including phenoxy) is 1. The Kier molecular flexibility index (Phi) is 4.76. The number of rotatable bonds is 3. The molecule has 7 heteroatoms. The van der Waals surface area contributed by atoms with Gasteiger partial charge in [0.25, 0.3) is 5.91 Å². The summed E-state index contributed by atoms with van der Waals surface area (Å²) in [4.78, 5) is 28.7. The van der Waals surface area contributed by atoms with E-state index in [1.54, 1.807) is 19.1 Å². The minimum atomic E-state index is -0.476. The molecule has 1 aromatic carbocycles. The quantitative estimate of drug-likeness (QED) is 0.672. The Morgan fingerprint density at radius 2 is 2.08 bits per heavy atom. The Morgan fingerprint density at radius 3 is 2.80 bits per heavy atom. The normalized spacial score (nSPS) is 17.2. The zero-order chi connectivity index (χ0) is 18.0. The van der Waals surface area contributed by atoms with Gasteiger partial charge in [0.15, 0.2) is 5.17 Å². The predicted octanol–water partition coefficient (Wildman–Crippen LogP) is 3.57. The molecule has 128 valence electrons. The topological polar surface area (TPSA) is 80.9 Å². The third-order valence-electron chi connectivity index (χ3n) is 3.60. The molecule has 0 radical (unpaired) electrons. The van der Waals surface area contributed by atoms with Crippen molar-refractivity contribution in [3.63, 3.8) is 0 Å². The van der Waals surface area contributed by atoms with Gasteiger partial charge in [-0.3, -0.25) is 4.79 Å². The number of nitrogens with zero attached hydrogens (tertiary/aromatic N) is 1. The van der Waals surface area contributed by atoms with Crippen LogP contribution in [0.25, 0.3) is 6.08 Å². The fourth-order valence-corrected chi connectivity index (χ4v) is 3.11. The van der Waals surface area contributed by atoms with Gasteiger partial charge >= 0.3 is 5.97 Å². The highest BCUT2D eigenvalue weighted by Gasteiger charge is 2.25. The van der Waals surface area contributed by atoms with E-state index in [4.69, 9.17) is 9.15 Å². The maximum Gasteiger partial charge on any atom is 0.341 e. The summed E-state index contributed by atoms with van der Waals surface area (Å²) in [5.41, 5.74) is 2.16. The SMILES string of the molecule is COC(=O)c1cc(C=C2SC(=Nc3ccccc3C)NC2=O)oc1C. The molecule has 2 heterocycles. The summed E-state index contributed by atoms with van der Waals surface area (Å²) >= 11 is 1.22. The fraction of sp³-hybridized carbons (Fsp3) is 0.167. The van der Waals surface area contributed by atoms with Crippen LogP contribution in [0.4, 0.5) is 5.69 Å². The van der Waals surface area contributed by atoms with Crippen LogP contribution in [-0.2, 0) is 9.53 Å². The Hall–Kier alpha value is -2.80. The van der Waals surface area contributed by atoms with Crippen LogP contribution in [0.1, 0.15) is 27.4 Å². The van der Waals surface area contributed by atoms with Gasteiger partial charge in [-0.25, -0.2) is 9.79 Å². The third kappa shape index (κ3) is 3.66. The number of hydrogen-bond donors (Lipinski definition) is 1. The molecule has 0 spiro atoms. The first-order valence-electron chi connectivity index (χ1n) is 7.52. The molecule has 1 saturated heterocycles. The van der Waals surface area contributed by atoms with Crippen LogP contribution in [0.15, 0.2) is 44.6 Å². The Bertz CT molecular complexity index is 912. The van der Waals surface area contributed by atoms with Gasteiger partial charge in [-0.15, -0.1) is 0 Å². The number of aliphatic imine (C=N–C) groups is 1. The molecule has 1 N–H and O–H groups in total. The number of thioether (sulfide) groups is 1. The molecule has 0 aliphatic carbocycles. The molecule has 6 nitrogen and oxygen atoms in total. The number of aryl methyl sites for hydroxylation is 2. The van der Waals surface area contributed by atoms with Crippen molar-refractivity contribution in [2.24, 2.45) is 4.99 Å². The first-order chi connectivity index (χ1) is 12.0. The molecule has 0 bridgehead atoms. The van der Waals surface area contributed by atoms with Gasteiger partial charge in [-0.1, -0.05) is 18.2 Å². The lowest BCUT2D eigenvalue weighted by Crippen LogP contribution is -2.19. The second kappa shape index (κ2) is 6.98. The monoisotopic (exact) mass is 356 g/mol. The maximum absolute atomic E-state index is 12.1. The lowest BCUT2D eigenvalue weighted by molar-refractivity contribution is -0.115. The van der Waals surface area contributed by atoms with Crippen LogP contribution >= 0.6 is 11.8 Å². The van der Waals surface area contributed by atoms with Crippen molar-refractivity contribution >= 4 is 40.6 Å². The standard InChI is InChI=1S/C18H16N2O4S/c1-10-6-4-5-7-14(10)19-18-20-16(21)15(25-18)9-12-8-13(11(2)24-12)17(22)23-3/h4-9H,1-3H3,(H,19,20,21). The van der Waals surface area contributed by atoms with E-state index in [0.29, 0.717) is 27.2 Å². The van der Waals surface area contributed by atoms with Crippen molar-refractivity contribution in [2.75, 3.05) is 7.11 Å². The molecular weight excluding hydrogens is 340 g/mol. The number of benzene rings is 1. The first-order valence-corrected chi connectivity index (χ1v) is 8.33. The van der Waals surface area contributed by atoms with E-state index in [1.807, 2.05) is 31.2 Å². The summed E-state index contributed by atoms with van der Waals surface area (Å²) in [5.74, 6) is 0.117. The highest BCUT2D eigenvalue weighted by Crippen LogP contribution is 2.30. The second-order valence-electron chi connectivity index (χ2n) is 5.38. The number of amides is 1. The number of amidine groups is 1. The van der Waals surface area contributed by atoms with E-state index in [9.17, 15) is 9.59 Å². The van der Waals surface area contributed by atoms with Gasteiger partial charge in [0.05, 0.1) is 17.7 Å². The number of esters is 1. The van der Waals surface area contributed by atoms with E-state index in [-0.39, 0.29) is 5.91 Å². The Morgan fingerprint density at radius 1 is 1.32 bits per heavy atom. The molecule has 1 amide bonds. The average molecular weight is 356 g/mol. The van der Waals surface area contributed by atoms with Gasteiger partial charge in [0.1, 0.15) is 17.1 Å². The lowest BCUT2D eigenvalue weighted by atomic mass is 10.2. The van der Waals surface area contributed by atoms with Crippen LogP contribution in [0.2, 0.25) is 0 Å². The summed E-state index contributed by atoms with van der Waals surface area (Å²) < 4.78 is 10.2. The van der Waals surface area contributed by atoms with Crippen molar-refractivity contribution in [2.45, 2.75) is 13.8 Å². The van der Waals surface area contributed by atoms with Crippen molar-refractivity contribution in [1.82, 2.24) is 5.32 Å². The van der Waals surface area contributed by atoms with Crippen LogP contribution in [0.3, 0.4) is 0 Å². The number of furan rings is 1. The van der Waals surface area contributed by atoms with Crippen LogP contribution in [0, 0.1) is 13.8 Å². The van der Waals surface area contributed by atoms with Gasteiger partial charge in [-0.05, 0) is 43.3 Å². The number of hydrogen-bond acceptors (Lipinski definition) is 6. The molecule has 1 aromatic heterocycles. The smallest absolute Gasteiger partial charge is 0.341 e. The molecule has 2 aromatic rings. The Labute approximate surface area is 149 Å². The van der Waals surface area contributed by atoms with E-state index in [1.165, 1.54) is 18.9 Å². The maximum atomic E-state index is 12.1. The highest BCUT2D eigenvalue weighted by atomic mass is 32.2. The number of carbonyl (C=O) groups excluding carboxylic acids is 2. The van der Waals surface area contributed by atoms with Crippen molar-refractivity contribution in [3.05, 3.63) is 57.9 Å². The van der Waals surface area contributed by atoms with Crippen molar-refractivity contribution in [3.8, 4) is 0 Å². The molecule has 1 aliphatic heterocycles. The van der Waals surface area contributed by atoms with Gasteiger partial charge < -0.3 is 14.5 Å². The summed E-state index contributed by atoms with van der Waals surface area (Å²) in [6.07, 6.45) is 1.58. The number of carbonyl (C=O) groups is 2. The van der Waals surface area contributed by atoms with Gasteiger partial charge in [-0.2, -0.15) is 0 Å². The first kappa shape index (κ1) is 17.0. The van der Waals surface area contributed by atoms with Gasteiger partial charge in [0, 0.05) is 6.08 Å². The minimum absolute atomic E-state index is 0.258. The van der Waals surface area contributed by atoms with Gasteiger partial charge in [0.2, 0.25) is 0 Å². The molecule has 0 saturated carbocycles. The van der Waals surface area contributed by atoms with E-state index in [0.717, 1.165) is 11.3 Å². The lowest BCUT2D eigenvalue weighted by Gasteiger charge is -1.99. The molecule has 3 rings (SSSR count). The predicted molar refractivity (Wildman–Crippen MR) is 96.8 cm³/mol. The van der Waals surface area contributed by atoms with Crippen LogP contribution < -0.4 is 5.32 Å². The van der Waals surface area contributed by atoms with E-state index >= 15 is 0 Å². The average Bonchev–Trinajstić information content (AvgIpc) is 3.12. The minimum Gasteiger partial charge on any atom is -0.465 e. The second-order valence-corrected chi connectivity index (χ2v) is 6.41. The zero-order valence-electron chi connectivity index (χ0n) is 14.0. The largest absolute Gasteiger partial charge is 0.465 e. The molecule has 1 fully saturated rings. The Balaban J connectivity index is 1.85. The summed E-state index contributed by atoms with van der Waals surface area (Å²) in [7, 11) is 1.31. The molecule has 1 aliphatic rings. The van der Waals surface area contributed by atoms with E-state index < -0.39 is 5.97 Å². The summed E-state index contributed by atoms with van der Waals surface area (Å²) in [6.45, 7) is 3.62. The number of nitrogens with one attached hydrogen (secondary N) is 1. The fourth-order valence-electron chi connectivity index (χ4n) is 2.30. The molecule has 0 atom stereocenters. The molecular formula is C18H16N2O4S. The molecule has 25 heavy (non-hydrogen) atoms. The molecule has 0 unspecified atom stereocenters. The third-order valence-corrected chi connectivity index (χ3v) is 4.51. The summed E-state index contributed by atoms with van der Waals surface area (Å²) in [6, 6.07) is 9.22. The van der Waals surface area contributed by atoms with E-state index in [2.05, 4.69) is 10.3 Å². The van der Waals surface area contributed by atoms with Crippen LogP contribution in [0.5, 0.6) is 0 Å². The highest BCUT2D eigenvalue weighted by molar-refractivity contribution is 8.18. The zero-order valence-corrected chi connectivity index (χ0v) is 14.8. The number of methoxy groups -OCH3 is 1. The number of para-hydroxylation sites is 1. The van der Waals surface area contributed by atoms with Crippen molar-refractivity contribution < 1.29 is 18.7 Å².